The molecule has 8 heteroatoms. The molecule has 132 valence electrons. The maximum absolute atomic E-state index is 11.9. The minimum Gasteiger partial charge on any atom is -0.493 e. The molecule has 0 spiro atoms. The highest BCUT2D eigenvalue weighted by Gasteiger charge is 2.11. The van der Waals surface area contributed by atoms with Gasteiger partial charge in [-0.1, -0.05) is 6.07 Å². The van der Waals surface area contributed by atoms with Crippen LogP contribution in [-0.4, -0.2) is 37.3 Å². The number of nitrogens with zero attached hydrogens (tertiary/aromatic N) is 1. The van der Waals surface area contributed by atoms with Crippen LogP contribution in [0.15, 0.2) is 47.4 Å². The molecule has 0 atom stereocenters. The summed E-state index contributed by atoms with van der Waals surface area (Å²) in [5, 5.41) is 2.58. The monoisotopic (exact) mass is 346 g/mol. The first-order chi connectivity index (χ1) is 12.0. The second-order valence-electron chi connectivity index (χ2n) is 4.95. The number of aromatic nitrogens is 1. The Hall–Kier alpha value is -3.29. The fourth-order valence-corrected chi connectivity index (χ4v) is 2.03. The lowest BCUT2D eigenvalue weighted by Gasteiger charge is -2.11. The number of carbonyl (C=O) groups excluding carboxylic acids is 2. The predicted octanol–water partition coefficient (Wildman–Crippen LogP) is 1.05. The number of benzene rings is 1. The summed E-state index contributed by atoms with van der Waals surface area (Å²) in [4.78, 5) is 35.1. The first-order valence-electron chi connectivity index (χ1n) is 7.36. The van der Waals surface area contributed by atoms with Crippen molar-refractivity contribution in [1.82, 2.24) is 4.57 Å². The lowest BCUT2D eigenvalue weighted by atomic mass is 10.2. The van der Waals surface area contributed by atoms with Gasteiger partial charge in [-0.15, -0.1) is 0 Å². The van der Waals surface area contributed by atoms with Gasteiger partial charge >= 0.3 is 5.97 Å². The Balaban J connectivity index is 1.87. The Kier molecular flexibility index (Phi) is 6.16. The van der Waals surface area contributed by atoms with Crippen molar-refractivity contribution in [1.29, 1.82) is 0 Å². The fourth-order valence-electron chi connectivity index (χ4n) is 2.03. The number of amides is 1. The second-order valence-corrected chi connectivity index (χ2v) is 4.95. The first kappa shape index (κ1) is 18.1. The van der Waals surface area contributed by atoms with E-state index in [9.17, 15) is 14.4 Å². The van der Waals surface area contributed by atoms with Crippen LogP contribution in [0.25, 0.3) is 0 Å². The number of hydrogen-bond acceptors (Lipinski definition) is 6. The van der Waals surface area contributed by atoms with E-state index in [1.165, 1.54) is 31.0 Å². The molecule has 8 nitrogen and oxygen atoms in total. The van der Waals surface area contributed by atoms with E-state index in [1.54, 1.807) is 30.3 Å². The van der Waals surface area contributed by atoms with Crippen molar-refractivity contribution in [3.8, 4) is 11.5 Å². The van der Waals surface area contributed by atoms with Crippen LogP contribution >= 0.6 is 0 Å². The van der Waals surface area contributed by atoms with Crippen molar-refractivity contribution >= 4 is 17.6 Å². The highest BCUT2D eigenvalue weighted by atomic mass is 16.5. The summed E-state index contributed by atoms with van der Waals surface area (Å²) < 4.78 is 16.3. The van der Waals surface area contributed by atoms with Crippen molar-refractivity contribution in [2.75, 3.05) is 26.1 Å². The van der Waals surface area contributed by atoms with Crippen LogP contribution < -0.4 is 20.3 Å². The maximum Gasteiger partial charge on any atom is 0.326 e. The molecule has 0 fully saturated rings. The Morgan fingerprint density at radius 3 is 2.52 bits per heavy atom. The van der Waals surface area contributed by atoms with E-state index in [4.69, 9.17) is 14.2 Å². The van der Waals surface area contributed by atoms with E-state index >= 15 is 0 Å². The maximum atomic E-state index is 11.9. The molecule has 1 aromatic heterocycles. The van der Waals surface area contributed by atoms with Gasteiger partial charge in [0.05, 0.1) is 14.2 Å². The van der Waals surface area contributed by atoms with E-state index in [2.05, 4.69) is 5.32 Å². The minimum absolute atomic E-state index is 0.261. The molecule has 0 saturated heterocycles. The van der Waals surface area contributed by atoms with Gasteiger partial charge in [0, 0.05) is 24.0 Å². The fraction of sp³-hybridized carbons (Fsp3) is 0.235. The molecule has 0 aliphatic rings. The number of ether oxygens (including phenoxy) is 3. The van der Waals surface area contributed by atoms with E-state index in [0.717, 1.165) is 0 Å². The van der Waals surface area contributed by atoms with E-state index in [1.807, 2.05) is 0 Å². The largest absolute Gasteiger partial charge is 0.493 e. The summed E-state index contributed by atoms with van der Waals surface area (Å²) >= 11 is 0. The lowest BCUT2D eigenvalue weighted by molar-refractivity contribution is -0.147. The first-order valence-corrected chi connectivity index (χ1v) is 7.36. The normalized spacial score (nSPS) is 10.0. The molecular weight excluding hydrogens is 328 g/mol. The predicted molar refractivity (Wildman–Crippen MR) is 89.8 cm³/mol. The summed E-state index contributed by atoms with van der Waals surface area (Å²) in [6.07, 6.45) is 1.47. The van der Waals surface area contributed by atoms with Crippen LogP contribution in [0.2, 0.25) is 0 Å². The second kappa shape index (κ2) is 8.53. The van der Waals surface area contributed by atoms with Gasteiger partial charge in [-0.2, -0.15) is 0 Å². The van der Waals surface area contributed by atoms with Crippen LogP contribution in [-0.2, 0) is 20.9 Å². The minimum atomic E-state index is -0.684. The van der Waals surface area contributed by atoms with Crippen LogP contribution in [0.3, 0.4) is 0 Å². The smallest absolute Gasteiger partial charge is 0.326 e. The highest BCUT2D eigenvalue weighted by molar-refractivity contribution is 5.93. The molecule has 1 heterocycles. The van der Waals surface area contributed by atoms with Gasteiger partial charge < -0.3 is 24.1 Å². The Morgan fingerprint density at radius 1 is 1.08 bits per heavy atom. The van der Waals surface area contributed by atoms with Crippen LogP contribution in [0.5, 0.6) is 11.5 Å². The Morgan fingerprint density at radius 2 is 1.84 bits per heavy atom. The van der Waals surface area contributed by atoms with Gasteiger partial charge in [0.1, 0.15) is 6.54 Å². The molecule has 1 aromatic carbocycles. The third kappa shape index (κ3) is 5.10. The van der Waals surface area contributed by atoms with E-state index < -0.39 is 18.5 Å². The molecule has 0 aliphatic heterocycles. The van der Waals surface area contributed by atoms with E-state index in [-0.39, 0.29) is 12.1 Å². The van der Waals surface area contributed by atoms with Gasteiger partial charge in [0.2, 0.25) is 0 Å². The molecule has 0 bridgehead atoms. The molecule has 0 aliphatic carbocycles. The molecule has 2 rings (SSSR count). The van der Waals surface area contributed by atoms with Crippen molar-refractivity contribution < 1.29 is 23.8 Å². The molecule has 2 aromatic rings. The van der Waals surface area contributed by atoms with Crippen LogP contribution in [0, 0.1) is 0 Å². The molecule has 0 unspecified atom stereocenters. The van der Waals surface area contributed by atoms with Gasteiger partial charge in [0.25, 0.3) is 11.5 Å². The van der Waals surface area contributed by atoms with Gasteiger partial charge in [-0.05, 0) is 18.2 Å². The number of hydrogen-bond donors (Lipinski definition) is 1. The van der Waals surface area contributed by atoms with Crippen LogP contribution in [0.1, 0.15) is 0 Å². The zero-order valence-electron chi connectivity index (χ0n) is 13.9. The summed E-state index contributed by atoms with van der Waals surface area (Å²) in [6, 6.07) is 9.38. The lowest BCUT2D eigenvalue weighted by Crippen LogP contribution is -2.26. The molecule has 0 saturated carbocycles. The van der Waals surface area contributed by atoms with Crippen molar-refractivity contribution in [3.63, 3.8) is 0 Å². The van der Waals surface area contributed by atoms with Gasteiger partial charge in [-0.25, -0.2) is 0 Å². The SMILES string of the molecule is COc1ccc(NC(=O)COC(=O)Cn2ccccc2=O)cc1OC. The third-order valence-electron chi connectivity index (χ3n) is 3.23. The summed E-state index contributed by atoms with van der Waals surface area (Å²) in [5.74, 6) is -0.210. The number of pyridine rings is 1. The zero-order chi connectivity index (χ0) is 18.2. The molecule has 1 amide bonds. The summed E-state index contributed by atoms with van der Waals surface area (Å²) in [7, 11) is 2.99. The number of carbonyl (C=O) groups is 2. The number of esters is 1. The van der Waals surface area contributed by atoms with Crippen molar-refractivity contribution in [2.45, 2.75) is 6.54 Å². The number of anilines is 1. The Bertz CT molecular complexity index is 815. The zero-order valence-corrected chi connectivity index (χ0v) is 13.9. The molecule has 25 heavy (non-hydrogen) atoms. The summed E-state index contributed by atoms with van der Waals surface area (Å²) in [6.45, 7) is -0.724. The van der Waals surface area contributed by atoms with Gasteiger partial charge in [0.15, 0.2) is 18.1 Å². The summed E-state index contributed by atoms with van der Waals surface area (Å²) in [5.41, 5.74) is 0.146. The Labute approximate surface area is 143 Å². The van der Waals surface area contributed by atoms with Crippen LogP contribution in [0.4, 0.5) is 5.69 Å². The van der Waals surface area contributed by atoms with E-state index in [0.29, 0.717) is 17.2 Å². The third-order valence-corrected chi connectivity index (χ3v) is 3.23. The average Bonchev–Trinajstić information content (AvgIpc) is 2.62. The average molecular weight is 346 g/mol. The molecular formula is C17H18N2O6. The van der Waals surface area contributed by atoms with Crippen molar-refractivity contribution in [2.24, 2.45) is 0 Å². The highest BCUT2D eigenvalue weighted by Crippen LogP contribution is 2.29. The van der Waals surface area contributed by atoms with Crippen molar-refractivity contribution in [3.05, 3.63) is 52.9 Å². The quantitative estimate of drug-likeness (QED) is 0.753. The number of rotatable bonds is 7. The number of methoxy groups -OCH3 is 2. The molecule has 0 radical (unpaired) electrons. The van der Waals surface area contributed by atoms with Gasteiger partial charge in [-0.3, -0.25) is 14.4 Å². The molecule has 1 N–H and O–H groups in total. The number of nitrogens with one attached hydrogen (secondary N) is 1. The topological polar surface area (TPSA) is 95.9 Å². The standard InChI is InChI=1S/C17H18N2O6/c1-23-13-7-6-12(9-14(13)24-2)18-15(20)11-25-17(22)10-19-8-4-3-5-16(19)21/h3-9H,10-11H2,1-2H3,(H,18,20).